The van der Waals surface area contributed by atoms with Crippen LogP contribution in [0, 0.1) is 0 Å². The molecule has 0 aliphatic carbocycles. The van der Waals surface area contributed by atoms with Gasteiger partial charge in [0.1, 0.15) is 0 Å². The van der Waals surface area contributed by atoms with Crippen molar-refractivity contribution in [1.82, 2.24) is 20.2 Å². The maximum absolute atomic E-state index is 11.3. The molecule has 1 rings (SSSR count). The van der Waals surface area contributed by atoms with Gasteiger partial charge in [-0.3, -0.25) is 4.79 Å². The van der Waals surface area contributed by atoms with Gasteiger partial charge < -0.3 is 15.2 Å². The summed E-state index contributed by atoms with van der Waals surface area (Å²) in [5, 5.41) is 5.99. The van der Waals surface area contributed by atoms with Crippen LogP contribution in [-0.2, 0) is 11.3 Å². The summed E-state index contributed by atoms with van der Waals surface area (Å²) < 4.78 is 1.89. The van der Waals surface area contributed by atoms with Crippen LogP contribution >= 0.6 is 24.8 Å². The van der Waals surface area contributed by atoms with Gasteiger partial charge in [0.15, 0.2) is 0 Å². The molecule has 0 aliphatic heterocycles. The first-order chi connectivity index (χ1) is 7.33. The first-order valence-corrected chi connectivity index (χ1v) is 5.26. The summed E-state index contributed by atoms with van der Waals surface area (Å²) in [6.07, 6.45) is 5.78. The normalized spacial score (nSPS) is 9.00. The largest absolute Gasteiger partial charge is 0.355 e. The van der Waals surface area contributed by atoms with E-state index in [9.17, 15) is 4.79 Å². The van der Waals surface area contributed by atoms with Crippen LogP contribution in [0.1, 0.15) is 13.3 Å². The minimum Gasteiger partial charge on any atom is -0.355 e. The van der Waals surface area contributed by atoms with Crippen LogP contribution in [0.25, 0.3) is 0 Å². The van der Waals surface area contributed by atoms with Gasteiger partial charge in [-0.25, -0.2) is 4.98 Å². The van der Waals surface area contributed by atoms with Gasteiger partial charge in [-0.1, -0.05) is 6.92 Å². The third kappa shape index (κ3) is 8.97. The highest BCUT2D eigenvalue weighted by Crippen LogP contribution is 1.89. The number of imidazole rings is 1. The molecule has 0 fully saturated rings. The van der Waals surface area contributed by atoms with Crippen molar-refractivity contribution in [1.29, 1.82) is 0 Å². The minimum absolute atomic E-state index is 0. The molecule has 0 atom stereocenters. The highest BCUT2D eigenvalue weighted by Gasteiger charge is 1.99. The Morgan fingerprint density at radius 3 is 2.71 bits per heavy atom. The number of hydrogen-bond donors (Lipinski definition) is 2. The van der Waals surface area contributed by atoms with Crippen molar-refractivity contribution in [3.8, 4) is 0 Å². The first kappa shape index (κ1) is 18.6. The van der Waals surface area contributed by atoms with Crippen LogP contribution in [0.3, 0.4) is 0 Å². The van der Waals surface area contributed by atoms with Crippen LogP contribution in [0.2, 0.25) is 0 Å². The number of aromatic nitrogens is 2. The molecule has 2 N–H and O–H groups in total. The lowest BCUT2D eigenvalue weighted by atomic mass is 10.4. The van der Waals surface area contributed by atoms with E-state index in [1.807, 2.05) is 17.7 Å². The molecule has 7 heteroatoms. The predicted molar refractivity (Wildman–Crippen MR) is 72.9 cm³/mol. The molecular formula is C10H20Cl2N4O. The van der Waals surface area contributed by atoms with Crippen LogP contribution < -0.4 is 10.6 Å². The number of halogens is 2. The van der Waals surface area contributed by atoms with E-state index in [1.54, 1.807) is 12.5 Å². The maximum atomic E-state index is 11.3. The van der Waals surface area contributed by atoms with Gasteiger partial charge >= 0.3 is 0 Å². The van der Waals surface area contributed by atoms with Crippen molar-refractivity contribution in [2.75, 3.05) is 19.6 Å². The second-order valence-corrected chi connectivity index (χ2v) is 3.25. The number of likely N-dealkylation sites (N-methyl/N-ethyl adjacent to an activating group) is 1. The molecule has 100 valence electrons. The third-order valence-corrected chi connectivity index (χ3v) is 2.03. The zero-order valence-electron chi connectivity index (χ0n) is 9.89. The number of carbonyl (C=O) groups is 1. The molecule has 1 aromatic heterocycles. The number of amides is 1. The number of hydrogen-bond acceptors (Lipinski definition) is 3. The Morgan fingerprint density at radius 1 is 1.35 bits per heavy atom. The average Bonchev–Trinajstić information content (AvgIpc) is 2.74. The fourth-order valence-corrected chi connectivity index (χ4v) is 1.21. The van der Waals surface area contributed by atoms with Gasteiger partial charge in [-0.2, -0.15) is 0 Å². The summed E-state index contributed by atoms with van der Waals surface area (Å²) in [5.74, 6) is 0.0848. The zero-order chi connectivity index (χ0) is 10.9. The Kier molecular flexibility index (Phi) is 12.8. The van der Waals surface area contributed by atoms with E-state index in [2.05, 4.69) is 15.6 Å². The van der Waals surface area contributed by atoms with Gasteiger partial charge in [-0.15, -0.1) is 24.8 Å². The maximum Gasteiger partial charge on any atom is 0.221 e. The molecule has 0 aliphatic rings. The van der Waals surface area contributed by atoms with Crippen LogP contribution in [-0.4, -0.2) is 35.1 Å². The van der Waals surface area contributed by atoms with Gasteiger partial charge in [0, 0.05) is 38.4 Å². The minimum atomic E-state index is 0. The summed E-state index contributed by atoms with van der Waals surface area (Å²) in [6.45, 7) is 5.18. The second kappa shape index (κ2) is 11.7. The molecule has 0 aromatic carbocycles. The van der Waals surface area contributed by atoms with Crippen molar-refractivity contribution < 1.29 is 4.79 Å². The molecule has 0 saturated heterocycles. The molecule has 17 heavy (non-hydrogen) atoms. The Bertz CT molecular complexity index is 280. The lowest BCUT2D eigenvalue weighted by Gasteiger charge is -2.05. The standard InChI is InChI=1S/C10H18N4O.2ClH/c1-2-11-4-5-13-10(15)3-7-14-8-6-12-9-14;;/h6,8-9,11H,2-5,7H2,1H3,(H,13,15);2*1H. The highest BCUT2D eigenvalue weighted by atomic mass is 35.5. The second-order valence-electron chi connectivity index (χ2n) is 3.25. The van der Waals surface area contributed by atoms with E-state index in [-0.39, 0.29) is 30.7 Å². The van der Waals surface area contributed by atoms with Crippen molar-refractivity contribution in [2.24, 2.45) is 0 Å². The molecule has 0 saturated carbocycles. The molecule has 5 nitrogen and oxygen atoms in total. The monoisotopic (exact) mass is 282 g/mol. The quantitative estimate of drug-likeness (QED) is 0.729. The zero-order valence-corrected chi connectivity index (χ0v) is 11.5. The van der Waals surface area contributed by atoms with E-state index in [0.717, 1.165) is 13.1 Å². The number of nitrogens with zero attached hydrogens (tertiary/aromatic N) is 2. The summed E-state index contributed by atoms with van der Waals surface area (Å²) in [6, 6.07) is 0. The van der Waals surface area contributed by atoms with Gasteiger partial charge in [0.2, 0.25) is 5.91 Å². The first-order valence-electron chi connectivity index (χ1n) is 5.26. The van der Waals surface area contributed by atoms with Gasteiger partial charge in [-0.05, 0) is 6.54 Å². The summed E-state index contributed by atoms with van der Waals surface area (Å²) in [7, 11) is 0. The smallest absolute Gasteiger partial charge is 0.221 e. The van der Waals surface area contributed by atoms with Crippen LogP contribution in [0.5, 0.6) is 0 Å². The molecule has 0 unspecified atom stereocenters. The number of aryl methyl sites for hydroxylation is 1. The van der Waals surface area contributed by atoms with Crippen LogP contribution in [0.15, 0.2) is 18.7 Å². The lowest BCUT2D eigenvalue weighted by molar-refractivity contribution is -0.121. The number of carbonyl (C=O) groups excluding carboxylic acids is 1. The molecular weight excluding hydrogens is 263 g/mol. The Balaban J connectivity index is 0. The van der Waals surface area contributed by atoms with Crippen molar-refractivity contribution in [3.05, 3.63) is 18.7 Å². The highest BCUT2D eigenvalue weighted by molar-refractivity contribution is 5.85. The Labute approximate surface area is 114 Å². The number of rotatable bonds is 7. The van der Waals surface area contributed by atoms with Gasteiger partial charge in [0.25, 0.3) is 0 Å². The van der Waals surface area contributed by atoms with Crippen LogP contribution in [0.4, 0.5) is 0 Å². The molecule has 0 bridgehead atoms. The van der Waals surface area contributed by atoms with Crippen molar-refractivity contribution in [2.45, 2.75) is 19.9 Å². The summed E-state index contributed by atoms with van der Waals surface area (Å²) in [5.41, 5.74) is 0. The number of nitrogens with one attached hydrogen (secondary N) is 2. The van der Waals surface area contributed by atoms with E-state index in [0.29, 0.717) is 19.5 Å². The molecule has 1 heterocycles. The molecule has 1 amide bonds. The SMILES string of the molecule is CCNCCNC(=O)CCn1ccnc1.Cl.Cl. The van der Waals surface area contributed by atoms with E-state index >= 15 is 0 Å². The fraction of sp³-hybridized carbons (Fsp3) is 0.600. The predicted octanol–water partition coefficient (Wildman–Crippen LogP) is 0.843. The molecule has 0 spiro atoms. The Morgan fingerprint density at radius 2 is 2.12 bits per heavy atom. The van der Waals surface area contributed by atoms with E-state index in [4.69, 9.17) is 0 Å². The Hall–Kier alpha value is -0.780. The topological polar surface area (TPSA) is 58.9 Å². The average molecular weight is 283 g/mol. The van der Waals surface area contributed by atoms with Crippen molar-refractivity contribution in [3.63, 3.8) is 0 Å². The van der Waals surface area contributed by atoms with Gasteiger partial charge in [0.05, 0.1) is 6.33 Å². The molecule has 1 aromatic rings. The fourth-order valence-electron chi connectivity index (χ4n) is 1.21. The lowest BCUT2D eigenvalue weighted by Crippen LogP contribution is -2.32. The van der Waals surface area contributed by atoms with E-state index < -0.39 is 0 Å². The third-order valence-electron chi connectivity index (χ3n) is 2.03. The van der Waals surface area contributed by atoms with Crippen molar-refractivity contribution >= 4 is 30.7 Å². The molecule has 0 radical (unpaired) electrons. The summed E-state index contributed by atoms with van der Waals surface area (Å²) >= 11 is 0. The summed E-state index contributed by atoms with van der Waals surface area (Å²) in [4.78, 5) is 15.2. The van der Waals surface area contributed by atoms with E-state index in [1.165, 1.54) is 0 Å².